The summed E-state index contributed by atoms with van der Waals surface area (Å²) < 4.78 is 6.98. The van der Waals surface area contributed by atoms with Gasteiger partial charge in [0.05, 0.1) is 25.0 Å². The van der Waals surface area contributed by atoms with Crippen molar-refractivity contribution in [2.45, 2.75) is 161 Å². The molecule has 0 aromatic carbocycles. The first-order chi connectivity index (χ1) is 16.9. The normalized spacial score (nSPS) is 22.7. The number of hydrogen-bond donors (Lipinski definition) is 2. The fraction of sp³-hybridized carbons (Fsp3) is 0.931. The summed E-state index contributed by atoms with van der Waals surface area (Å²) in [6.45, 7) is 13.5. The summed E-state index contributed by atoms with van der Waals surface area (Å²) >= 11 is 0. The minimum Gasteiger partial charge on any atom is -0.481 e. The predicted octanol–water partition coefficient (Wildman–Crippen LogP) is 8.82. The average Bonchev–Trinajstić information content (AvgIpc) is 2.79. The number of carbonyl (C=O) groups is 2. The van der Waals surface area contributed by atoms with Gasteiger partial charge >= 0.3 is 11.9 Å². The van der Waals surface area contributed by atoms with Gasteiger partial charge in [0.2, 0.25) is 0 Å². The van der Waals surface area contributed by atoms with Crippen LogP contribution in [0.25, 0.3) is 0 Å². The van der Waals surface area contributed by atoms with Crippen LogP contribution in [0.5, 0.6) is 0 Å². The molecule has 36 heavy (non-hydrogen) atoms. The first-order valence-electron chi connectivity index (χ1n) is 15.1. The second-order valence-corrected chi connectivity index (χ2v) is 27.7. The minimum absolute atomic E-state index is 0.524. The molecule has 1 rings (SSSR count). The van der Waals surface area contributed by atoms with E-state index in [0.29, 0.717) is 19.3 Å². The van der Waals surface area contributed by atoms with Crippen molar-refractivity contribution in [1.82, 2.24) is 0 Å². The molecule has 2 atom stereocenters. The summed E-state index contributed by atoms with van der Waals surface area (Å²) in [5, 5.41) is 20.9. The van der Waals surface area contributed by atoms with Crippen LogP contribution in [-0.4, -0.2) is 43.2 Å². The number of hydrogen-bond acceptors (Lipinski definition) is 3. The zero-order valence-corrected chi connectivity index (χ0v) is 26.5. The summed E-state index contributed by atoms with van der Waals surface area (Å²) in [5.41, 5.74) is -1.07. The Morgan fingerprint density at radius 1 is 0.694 bits per heavy atom. The van der Waals surface area contributed by atoms with E-state index in [1.807, 2.05) is 0 Å². The van der Waals surface area contributed by atoms with Gasteiger partial charge in [-0.3, -0.25) is 9.59 Å². The Balaban J connectivity index is 3.06. The molecular formula is C29H58O5Si2. The van der Waals surface area contributed by atoms with Crippen LogP contribution in [0.2, 0.25) is 32.2 Å². The monoisotopic (exact) mass is 542 g/mol. The van der Waals surface area contributed by atoms with E-state index < -0.39 is 44.8 Å². The number of rotatable bonds is 20. The maximum absolute atomic E-state index is 12.7. The first kappa shape index (κ1) is 33.4. The van der Waals surface area contributed by atoms with Gasteiger partial charge in [-0.05, 0) is 32.4 Å². The SMILES string of the molecule is CCCCCCCCCC(C(=O)O)C1(C(CCCCCCCCC)C(=O)O)CC[Si](C)(C)[Si](C)(C)O1. The Morgan fingerprint density at radius 2 is 1.06 bits per heavy atom. The van der Waals surface area contributed by atoms with Crippen molar-refractivity contribution in [3.8, 4) is 0 Å². The topological polar surface area (TPSA) is 83.8 Å². The van der Waals surface area contributed by atoms with Crippen molar-refractivity contribution < 1.29 is 24.2 Å². The van der Waals surface area contributed by atoms with Gasteiger partial charge in [0, 0.05) is 0 Å². The Labute approximate surface area is 224 Å². The van der Waals surface area contributed by atoms with Gasteiger partial charge in [0.25, 0.3) is 0 Å². The lowest BCUT2D eigenvalue weighted by atomic mass is 9.71. The smallest absolute Gasteiger partial charge is 0.309 e. The average molecular weight is 543 g/mol. The van der Waals surface area contributed by atoms with E-state index in [1.54, 1.807) is 0 Å². The standard InChI is InChI=1S/C29H58O5Si2/c1-7-9-11-13-15-17-19-21-25(27(30)31)29(23-24-35(3,4)36(5,6)34-29)26(28(32)33)22-20-18-16-14-12-10-8-2/h25-26H,7-24H2,1-6H3,(H,30,31)(H,32,33). The highest BCUT2D eigenvalue weighted by molar-refractivity contribution is 7.38. The lowest BCUT2D eigenvalue weighted by molar-refractivity contribution is -0.167. The van der Waals surface area contributed by atoms with Gasteiger partial charge in [0.1, 0.15) is 0 Å². The fourth-order valence-electron chi connectivity index (χ4n) is 5.97. The van der Waals surface area contributed by atoms with E-state index in [0.717, 1.165) is 44.6 Å². The van der Waals surface area contributed by atoms with Crippen molar-refractivity contribution in [1.29, 1.82) is 0 Å². The molecule has 1 heterocycles. The van der Waals surface area contributed by atoms with E-state index in [4.69, 9.17) is 4.43 Å². The van der Waals surface area contributed by atoms with Gasteiger partial charge in [0.15, 0.2) is 7.83 Å². The molecule has 1 saturated heterocycles. The third kappa shape index (κ3) is 9.90. The van der Waals surface area contributed by atoms with Crippen LogP contribution in [0.15, 0.2) is 0 Å². The molecular weight excluding hydrogens is 484 g/mol. The van der Waals surface area contributed by atoms with Gasteiger partial charge in [-0.2, -0.15) is 0 Å². The molecule has 2 unspecified atom stereocenters. The summed E-state index contributed by atoms with van der Waals surface area (Å²) in [4.78, 5) is 25.5. The van der Waals surface area contributed by atoms with Gasteiger partial charge in [-0.15, -0.1) is 0 Å². The summed E-state index contributed by atoms with van der Waals surface area (Å²) in [7, 11) is -3.85. The molecule has 1 aliphatic rings. The maximum atomic E-state index is 12.7. The van der Waals surface area contributed by atoms with Crippen molar-refractivity contribution in [2.24, 2.45) is 11.8 Å². The third-order valence-corrected chi connectivity index (χ3v) is 25.7. The Kier molecular flexibility index (Phi) is 15.1. The van der Waals surface area contributed by atoms with Crippen LogP contribution >= 0.6 is 0 Å². The molecule has 0 amide bonds. The first-order valence-corrected chi connectivity index (χ1v) is 22.2. The van der Waals surface area contributed by atoms with E-state index in [1.165, 1.54) is 51.4 Å². The highest BCUT2D eigenvalue weighted by Crippen LogP contribution is 2.49. The molecule has 0 spiro atoms. The molecule has 0 saturated carbocycles. The van der Waals surface area contributed by atoms with Gasteiger partial charge in [-0.25, -0.2) is 0 Å². The number of aliphatic carboxylic acids is 2. The van der Waals surface area contributed by atoms with E-state index in [-0.39, 0.29) is 0 Å². The van der Waals surface area contributed by atoms with Crippen LogP contribution < -0.4 is 0 Å². The fourth-order valence-corrected chi connectivity index (χ4v) is 12.8. The highest BCUT2D eigenvalue weighted by atomic mass is 29.3. The summed E-state index contributed by atoms with van der Waals surface area (Å²) in [6, 6.07) is 0.966. The third-order valence-electron chi connectivity index (χ3n) is 9.18. The molecule has 0 radical (unpaired) electrons. The van der Waals surface area contributed by atoms with Crippen LogP contribution in [-0.2, 0) is 14.0 Å². The molecule has 1 fully saturated rings. The molecule has 0 aromatic rings. The molecule has 0 aliphatic carbocycles. The molecule has 0 bridgehead atoms. The highest BCUT2D eigenvalue weighted by Gasteiger charge is 2.61. The Morgan fingerprint density at radius 3 is 1.39 bits per heavy atom. The minimum atomic E-state index is -2.20. The van der Waals surface area contributed by atoms with Crippen LogP contribution in [0.1, 0.15) is 123 Å². The van der Waals surface area contributed by atoms with E-state index in [2.05, 4.69) is 40.0 Å². The van der Waals surface area contributed by atoms with Crippen molar-refractivity contribution in [2.75, 3.05) is 0 Å². The van der Waals surface area contributed by atoms with E-state index in [9.17, 15) is 19.8 Å². The number of carboxylic acids is 2. The maximum Gasteiger partial charge on any atom is 0.309 e. The number of unbranched alkanes of at least 4 members (excludes halogenated alkanes) is 12. The molecule has 5 nitrogen and oxygen atoms in total. The van der Waals surface area contributed by atoms with E-state index >= 15 is 0 Å². The lowest BCUT2D eigenvalue weighted by Gasteiger charge is -2.56. The lowest BCUT2D eigenvalue weighted by Crippen LogP contribution is -2.70. The number of carboxylic acid groups (broad SMARTS) is 2. The van der Waals surface area contributed by atoms with Crippen molar-refractivity contribution in [3.05, 3.63) is 0 Å². The van der Waals surface area contributed by atoms with Crippen LogP contribution in [0, 0.1) is 11.8 Å². The molecule has 2 N–H and O–H groups in total. The van der Waals surface area contributed by atoms with Crippen molar-refractivity contribution in [3.63, 3.8) is 0 Å². The predicted molar refractivity (Wildman–Crippen MR) is 156 cm³/mol. The second-order valence-electron chi connectivity index (χ2n) is 12.6. The Hall–Kier alpha value is -0.666. The summed E-state index contributed by atoms with van der Waals surface area (Å²) in [5.74, 6) is -3.21. The van der Waals surface area contributed by atoms with Crippen molar-refractivity contribution >= 4 is 27.4 Å². The van der Waals surface area contributed by atoms with Gasteiger partial charge < -0.3 is 14.6 Å². The molecule has 0 aromatic heterocycles. The summed E-state index contributed by atoms with van der Waals surface area (Å²) in [6.07, 6.45) is 17.4. The largest absolute Gasteiger partial charge is 0.481 e. The molecule has 1 aliphatic heterocycles. The van der Waals surface area contributed by atoms with Crippen LogP contribution in [0.3, 0.4) is 0 Å². The zero-order chi connectivity index (χ0) is 27.2. The zero-order valence-electron chi connectivity index (χ0n) is 24.5. The second kappa shape index (κ2) is 16.3. The Bertz CT molecular complexity index is 614. The molecule has 212 valence electrons. The molecule has 7 heteroatoms. The van der Waals surface area contributed by atoms with Gasteiger partial charge in [-0.1, -0.05) is 123 Å². The van der Waals surface area contributed by atoms with Crippen LogP contribution in [0.4, 0.5) is 0 Å². The quantitative estimate of drug-likeness (QED) is 0.119.